The zero-order valence-corrected chi connectivity index (χ0v) is 12.9. The number of aliphatic hydroxyl groups is 1. The van der Waals surface area contributed by atoms with Crippen LogP contribution in [0, 0.1) is 6.92 Å². The lowest BCUT2D eigenvalue weighted by atomic mass is 10.3. The van der Waals surface area contributed by atoms with Gasteiger partial charge in [-0.1, -0.05) is 11.6 Å². The van der Waals surface area contributed by atoms with E-state index in [0.717, 1.165) is 6.54 Å². The van der Waals surface area contributed by atoms with E-state index in [1.165, 1.54) is 9.75 Å². The molecule has 0 fully saturated rings. The molecule has 1 heterocycles. The monoisotopic (exact) mass is 311 g/mol. The van der Waals surface area contributed by atoms with Crippen LogP contribution in [0.2, 0.25) is 5.02 Å². The number of halogens is 1. The zero-order valence-electron chi connectivity index (χ0n) is 11.3. The van der Waals surface area contributed by atoms with Crippen molar-refractivity contribution in [3.63, 3.8) is 0 Å². The first-order chi connectivity index (χ1) is 9.63. The Kier molecular flexibility index (Phi) is 5.86. The third-order valence-electron chi connectivity index (χ3n) is 2.73. The molecule has 0 saturated carbocycles. The maximum atomic E-state index is 9.84. The number of hydrogen-bond donors (Lipinski definition) is 2. The van der Waals surface area contributed by atoms with Gasteiger partial charge in [-0.05, 0) is 43.3 Å². The number of nitrogens with one attached hydrogen (secondary N) is 1. The lowest BCUT2D eigenvalue weighted by molar-refractivity contribution is 0.106. The van der Waals surface area contributed by atoms with Crippen LogP contribution in [0.1, 0.15) is 9.75 Å². The minimum atomic E-state index is -0.535. The molecule has 2 N–H and O–H groups in total. The van der Waals surface area contributed by atoms with Crippen molar-refractivity contribution in [2.75, 3.05) is 13.2 Å². The number of thiophene rings is 1. The molecule has 5 heteroatoms. The molecule has 0 amide bonds. The molecule has 1 unspecified atom stereocenters. The van der Waals surface area contributed by atoms with E-state index in [-0.39, 0.29) is 6.61 Å². The first-order valence-electron chi connectivity index (χ1n) is 6.46. The van der Waals surface area contributed by atoms with Crippen LogP contribution in [0.15, 0.2) is 36.4 Å². The van der Waals surface area contributed by atoms with Crippen molar-refractivity contribution < 1.29 is 9.84 Å². The lowest BCUT2D eigenvalue weighted by Crippen LogP contribution is -2.30. The Bertz CT molecular complexity index is 527. The normalized spacial score (nSPS) is 12.3. The summed E-state index contributed by atoms with van der Waals surface area (Å²) in [6, 6.07) is 11.3. The summed E-state index contributed by atoms with van der Waals surface area (Å²) in [7, 11) is 0. The van der Waals surface area contributed by atoms with Gasteiger partial charge in [-0.25, -0.2) is 0 Å². The molecule has 20 heavy (non-hydrogen) atoms. The van der Waals surface area contributed by atoms with Gasteiger partial charge in [0.2, 0.25) is 0 Å². The predicted molar refractivity (Wildman–Crippen MR) is 83.7 cm³/mol. The third kappa shape index (κ3) is 5.13. The van der Waals surface area contributed by atoms with Crippen LogP contribution < -0.4 is 10.1 Å². The molecule has 0 spiro atoms. The number of aryl methyl sites for hydroxylation is 1. The number of hydrogen-bond acceptors (Lipinski definition) is 4. The molecule has 0 aliphatic carbocycles. The van der Waals surface area contributed by atoms with Gasteiger partial charge in [-0.15, -0.1) is 11.3 Å². The summed E-state index contributed by atoms with van der Waals surface area (Å²) in [6.07, 6.45) is -0.535. The molecule has 0 saturated heterocycles. The Morgan fingerprint density at radius 1 is 1.25 bits per heavy atom. The number of benzene rings is 1. The van der Waals surface area contributed by atoms with E-state index in [1.54, 1.807) is 35.6 Å². The first-order valence-corrected chi connectivity index (χ1v) is 7.65. The van der Waals surface area contributed by atoms with Crippen LogP contribution in [0.3, 0.4) is 0 Å². The van der Waals surface area contributed by atoms with Crippen LogP contribution in [0.4, 0.5) is 0 Å². The zero-order chi connectivity index (χ0) is 14.4. The molecule has 1 atom stereocenters. The average molecular weight is 312 g/mol. The summed E-state index contributed by atoms with van der Waals surface area (Å²) in [5.41, 5.74) is 0. The highest BCUT2D eigenvalue weighted by molar-refractivity contribution is 7.11. The van der Waals surface area contributed by atoms with Gasteiger partial charge in [0.15, 0.2) is 0 Å². The largest absolute Gasteiger partial charge is 0.491 e. The smallest absolute Gasteiger partial charge is 0.119 e. The van der Waals surface area contributed by atoms with E-state index in [2.05, 4.69) is 24.4 Å². The van der Waals surface area contributed by atoms with Crippen molar-refractivity contribution in [2.45, 2.75) is 19.6 Å². The predicted octanol–water partition coefficient (Wildman–Crippen LogP) is 3.24. The van der Waals surface area contributed by atoms with Crippen LogP contribution >= 0.6 is 22.9 Å². The highest BCUT2D eigenvalue weighted by Gasteiger charge is 2.05. The van der Waals surface area contributed by atoms with Gasteiger partial charge in [0.05, 0.1) is 0 Å². The first kappa shape index (κ1) is 15.3. The highest BCUT2D eigenvalue weighted by atomic mass is 35.5. The number of rotatable bonds is 7. The maximum Gasteiger partial charge on any atom is 0.119 e. The number of aliphatic hydroxyl groups excluding tert-OH is 1. The summed E-state index contributed by atoms with van der Waals surface area (Å²) < 4.78 is 5.48. The van der Waals surface area contributed by atoms with E-state index in [4.69, 9.17) is 16.3 Å². The van der Waals surface area contributed by atoms with Crippen LogP contribution in [-0.4, -0.2) is 24.4 Å². The minimum Gasteiger partial charge on any atom is -0.491 e. The van der Waals surface area contributed by atoms with E-state index in [0.29, 0.717) is 17.3 Å². The van der Waals surface area contributed by atoms with E-state index >= 15 is 0 Å². The van der Waals surface area contributed by atoms with Gasteiger partial charge in [0.1, 0.15) is 18.5 Å². The Balaban J connectivity index is 1.65. The maximum absolute atomic E-state index is 9.84. The molecule has 0 radical (unpaired) electrons. The van der Waals surface area contributed by atoms with Crippen molar-refractivity contribution in [1.29, 1.82) is 0 Å². The van der Waals surface area contributed by atoms with Crippen LogP contribution in [0.25, 0.3) is 0 Å². The van der Waals surface area contributed by atoms with Gasteiger partial charge in [-0.3, -0.25) is 0 Å². The van der Waals surface area contributed by atoms with Crippen molar-refractivity contribution in [1.82, 2.24) is 5.32 Å². The summed E-state index contributed by atoms with van der Waals surface area (Å²) in [4.78, 5) is 2.57. The van der Waals surface area contributed by atoms with Gasteiger partial charge >= 0.3 is 0 Å². The Morgan fingerprint density at radius 3 is 2.65 bits per heavy atom. The molecule has 0 aliphatic rings. The second kappa shape index (κ2) is 7.64. The van der Waals surface area contributed by atoms with Gasteiger partial charge in [0, 0.05) is 27.9 Å². The van der Waals surface area contributed by atoms with Crippen molar-refractivity contribution in [3.05, 3.63) is 51.2 Å². The standard InChI is InChI=1S/C15H18ClNO2S/c1-11-2-7-15(20-11)9-17-8-13(18)10-19-14-5-3-12(16)4-6-14/h2-7,13,17-18H,8-10H2,1H3. The lowest BCUT2D eigenvalue weighted by Gasteiger charge is -2.13. The quantitative estimate of drug-likeness (QED) is 0.825. The SMILES string of the molecule is Cc1ccc(CNCC(O)COc2ccc(Cl)cc2)s1. The topological polar surface area (TPSA) is 41.5 Å². The second-order valence-electron chi connectivity index (χ2n) is 4.56. The fourth-order valence-electron chi connectivity index (χ4n) is 1.72. The highest BCUT2D eigenvalue weighted by Crippen LogP contribution is 2.16. The fourth-order valence-corrected chi connectivity index (χ4v) is 2.71. The summed E-state index contributed by atoms with van der Waals surface area (Å²) >= 11 is 7.55. The molecular weight excluding hydrogens is 294 g/mol. The van der Waals surface area contributed by atoms with Gasteiger partial charge in [-0.2, -0.15) is 0 Å². The Morgan fingerprint density at radius 2 is 2.00 bits per heavy atom. The summed E-state index contributed by atoms with van der Waals surface area (Å²) in [6.45, 7) is 3.63. The van der Waals surface area contributed by atoms with Crippen molar-refractivity contribution >= 4 is 22.9 Å². The van der Waals surface area contributed by atoms with E-state index in [9.17, 15) is 5.11 Å². The Hall–Kier alpha value is -1.07. The molecule has 3 nitrogen and oxygen atoms in total. The third-order valence-corrected chi connectivity index (χ3v) is 3.98. The molecule has 2 rings (SSSR count). The summed E-state index contributed by atoms with van der Waals surface area (Å²) in [5, 5.41) is 13.7. The fraction of sp³-hybridized carbons (Fsp3) is 0.333. The number of ether oxygens (including phenoxy) is 1. The van der Waals surface area contributed by atoms with E-state index < -0.39 is 6.10 Å². The van der Waals surface area contributed by atoms with Gasteiger partial charge in [0.25, 0.3) is 0 Å². The van der Waals surface area contributed by atoms with Crippen molar-refractivity contribution in [3.8, 4) is 5.75 Å². The molecule has 1 aromatic heterocycles. The molecule has 0 bridgehead atoms. The molecular formula is C15H18ClNO2S. The summed E-state index contributed by atoms with van der Waals surface area (Å²) in [5.74, 6) is 0.710. The van der Waals surface area contributed by atoms with Gasteiger partial charge < -0.3 is 15.2 Å². The average Bonchev–Trinajstić information content (AvgIpc) is 2.84. The molecule has 108 valence electrons. The minimum absolute atomic E-state index is 0.262. The molecule has 2 aromatic rings. The molecule has 0 aliphatic heterocycles. The Labute approximate surface area is 128 Å². The van der Waals surface area contributed by atoms with Crippen LogP contribution in [-0.2, 0) is 6.54 Å². The molecule has 1 aromatic carbocycles. The second-order valence-corrected chi connectivity index (χ2v) is 6.37. The van der Waals surface area contributed by atoms with E-state index in [1.807, 2.05) is 0 Å². The van der Waals surface area contributed by atoms with Crippen LogP contribution in [0.5, 0.6) is 5.75 Å². The van der Waals surface area contributed by atoms with Crippen molar-refractivity contribution in [2.24, 2.45) is 0 Å².